The van der Waals surface area contributed by atoms with Gasteiger partial charge in [0.2, 0.25) is 0 Å². The Bertz CT molecular complexity index is 180. The van der Waals surface area contributed by atoms with E-state index < -0.39 is 10.4 Å². The van der Waals surface area contributed by atoms with Crippen molar-refractivity contribution in [2.75, 3.05) is 7.11 Å². The molecule has 0 spiro atoms. The second-order valence-electron chi connectivity index (χ2n) is 0.602. The molecule has 0 fully saturated rings. The topological polar surface area (TPSA) is 108 Å². The van der Waals surface area contributed by atoms with E-state index in [1.807, 2.05) is 0 Å². The average molecular weight is 195 g/mol. The Morgan fingerprint density at radius 3 is 1.80 bits per heavy atom. The van der Waals surface area contributed by atoms with E-state index >= 15 is 0 Å². The first-order valence-corrected chi connectivity index (χ1v) is 2.92. The first kappa shape index (κ1) is 17.0. The molecule has 0 saturated heterocycles. The van der Waals surface area contributed by atoms with E-state index in [1.54, 1.807) is 0 Å². The second kappa shape index (κ2) is 9.80. The minimum atomic E-state index is -4.54. The van der Waals surface area contributed by atoms with E-state index in [2.05, 4.69) is 4.18 Å². The van der Waals surface area contributed by atoms with Gasteiger partial charge in [-0.2, -0.15) is 8.42 Å². The van der Waals surface area contributed by atoms with Crippen LogP contribution in [0.3, 0.4) is 0 Å². The van der Waals surface area contributed by atoms with Crippen molar-refractivity contribution in [2.24, 2.45) is 0 Å². The van der Waals surface area contributed by atoms with E-state index in [9.17, 15) is 8.42 Å². The van der Waals surface area contributed by atoms with Crippen LogP contribution in [-0.2, 0) is 14.6 Å². The van der Waals surface area contributed by atoms with Crippen molar-refractivity contribution in [1.29, 1.82) is 5.26 Å². The summed E-state index contributed by atoms with van der Waals surface area (Å²) in [5.74, 6) is 0. The van der Waals surface area contributed by atoms with Crippen LogP contribution in [0.5, 0.6) is 0 Å². The number of aliphatic hydroxyl groups excluding tert-OH is 1. The molecular formula is C2H6KNO5S. The Kier molecular flexibility index (Phi) is 16.7. The van der Waals surface area contributed by atoms with Gasteiger partial charge in [0.25, 0.3) is 0 Å². The molecule has 8 heteroatoms. The molecule has 0 aromatic rings. The summed E-state index contributed by atoms with van der Waals surface area (Å²) in [6.07, 6.45) is 0.770. The molecule has 0 aromatic carbocycles. The maximum absolute atomic E-state index is 9.34. The molecule has 0 bridgehead atoms. The number of aliphatic hydroxyl groups is 1. The van der Waals surface area contributed by atoms with Crippen LogP contribution < -0.4 is 0 Å². The van der Waals surface area contributed by atoms with Gasteiger partial charge in [0.1, 0.15) is 0 Å². The fraction of sp³-hybridized carbons (Fsp3) is 0.500. The molecule has 2 N–H and O–H groups in total. The molecule has 0 saturated carbocycles. The van der Waals surface area contributed by atoms with E-state index in [0.717, 1.165) is 13.4 Å². The Labute approximate surface area is 101 Å². The van der Waals surface area contributed by atoms with Gasteiger partial charge >= 0.3 is 68.0 Å². The maximum atomic E-state index is 9.34. The fourth-order valence-corrected chi connectivity index (χ4v) is 0.141. The van der Waals surface area contributed by atoms with Crippen LogP contribution in [0.2, 0.25) is 0 Å². The molecule has 6 nitrogen and oxygen atoms in total. The van der Waals surface area contributed by atoms with Crippen LogP contribution in [0, 0.1) is 11.5 Å². The minimum absolute atomic E-state index is 0. The molecule has 0 unspecified atom stereocenters. The summed E-state index contributed by atoms with van der Waals surface area (Å²) in [6.45, 7) is 0. The standard InChI is InChI=1S/CHNO4S.CH4O.K.H/c2-1-6-7(3,4)5;1-2;;/h(H,3,4,5);2H,1H3;;. The summed E-state index contributed by atoms with van der Waals surface area (Å²) in [5.41, 5.74) is 0. The summed E-state index contributed by atoms with van der Waals surface area (Å²) >= 11 is 0. The van der Waals surface area contributed by atoms with Gasteiger partial charge in [-0.1, -0.05) is 0 Å². The zero-order valence-electron chi connectivity index (χ0n) is 4.47. The van der Waals surface area contributed by atoms with Crippen molar-refractivity contribution >= 4 is 61.8 Å². The van der Waals surface area contributed by atoms with E-state index in [4.69, 9.17) is 14.9 Å². The summed E-state index contributed by atoms with van der Waals surface area (Å²) in [4.78, 5) is 0. The van der Waals surface area contributed by atoms with E-state index in [0.29, 0.717) is 0 Å². The quantitative estimate of drug-likeness (QED) is 0.292. The van der Waals surface area contributed by atoms with Gasteiger partial charge in [0.05, 0.1) is 0 Å². The molecule has 0 aliphatic rings. The van der Waals surface area contributed by atoms with E-state index in [1.165, 1.54) is 0 Å². The SMILES string of the molecule is CO.N#COS(=O)(=O)O.[KH]. The first-order valence-electron chi connectivity index (χ1n) is 1.56. The summed E-state index contributed by atoms with van der Waals surface area (Å²) < 4.78 is 29.3. The molecular weight excluding hydrogens is 189 g/mol. The molecule has 0 rings (SSSR count). The van der Waals surface area contributed by atoms with Gasteiger partial charge in [-0.05, 0) is 0 Å². The van der Waals surface area contributed by atoms with Gasteiger partial charge in [0.15, 0.2) is 0 Å². The summed E-state index contributed by atoms with van der Waals surface area (Å²) in [5, 5.41) is 14.4. The van der Waals surface area contributed by atoms with Gasteiger partial charge in [-0.3, -0.25) is 8.74 Å². The average Bonchev–Trinajstić information content (AvgIpc) is 1.69. The molecule has 0 radical (unpaired) electrons. The van der Waals surface area contributed by atoms with Crippen molar-refractivity contribution < 1.29 is 22.3 Å². The Morgan fingerprint density at radius 2 is 1.80 bits per heavy atom. The number of nitrogens with zero attached hydrogens (tertiary/aromatic N) is 1. The third kappa shape index (κ3) is 23.2. The van der Waals surface area contributed by atoms with Crippen LogP contribution in [0.25, 0.3) is 0 Å². The monoisotopic (exact) mass is 195 g/mol. The first-order chi connectivity index (χ1) is 4.06. The van der Waals surface area contributed by atoms with Crippen LogP contribution in [0.4, 0.5) is 0 Å². The molecule has 0 heterocycles. The van der Waals surface area contributed by atoms with Crippen molar-refractivity contribution in [1.82, 2.24) is 0 Å². The predicted molar refractivity (Wildman–Crippen MR) is 33.5 cm³/mol. The van der Waals surface area contributed by atoms with Crippen LogP contribution in [0.1, 0.15) is 0 Å². The fourth-order valence-electron chi connectivity index (χ4n) is 0.0471. The van der Waals surface area contributed by atoms with Crippen LogP contribution in [0.15, 0.2) is 0 Å². The Morgan fingerprint density at radius 1 is 1.50 bits per heavy atom. The summed E-state index contributed by atoms with van der Waals surface area (Å²) in [7, 11) is -3.54. The van der Waals surface area contributed by atoms with Crippen LogP contribution >= 0.6 is 0 Å². The number of nitriles is 1. The second-order valence-corrected chi connectivity index (χ2v) is 1.62. The molecule has 10 heavy (non-hydrogen) atoms. The van der Waals surface area contributed by atoms with E-state index in [-0.39, 0.29) is 51.4 Å². The molecule has 56 valence electrons. The molecule has 0 aliphatic carbocycles. The molecule has 0 amide bonds. The molecule has 0 aromatic heterocycles. The van der Waals surface area contributed by atoms with Gasteiger partial charge in [-0.15, -0.1) is 5.26 Å². The van der Waals surface area contributed by atoms with Gasteiger partial charge in [-0.25, -0.2) is 0 Å². The van der Waals surface area contributed by atoms with Crippen molar-refractivity contribution in [2.45, 2.75) is 0 Å². The third-order valence-corrected chi connectivity index (χ3v) is 0.428. The van der Waals surface area contributed by atoms with Gasteiger partial charge < -0.3 is 5.11 Å². The normalized spacial score (nSPS) is 7.40. The number of hydrogen-bond acceptors (Lipinski definition) is 5. The molecule has 0 aliphatic heterocycles. The van der Waals surface area contributed by atoms with Gasteiger partial charge in [0, 0.05) is 7.11 Å². The zero-order chi connectivity index (χ0) is 7.91. The van der Waals surface area contributed by atoms with Crippen molar-refractivity contribution in [3.8, 4) is 6.26 Å². The summed E-state index contributed by atoms with van der Waals surface area (Å²) in [6, 6.07) is 0. The number of hydrogen-bond donors (Lipinski definition) is 2. The zero-order valence-corrected chi connectivity index (χ0v) is 5.29. The Balaban J connectivity index is -0.000000149. The van der Waals surface area contributed by atoms with Crippen LogP contribution in [-0.4, -0.2) is 76.6 Å². The predicted octanol–water partition coefficient (Wildman–Crippen LogP) is -1.75. The Hall–Kier alpha value is 0.796. The van der Waals surface area contributed by atoms with Crippen molar-refractivity contribution in [3.05, 3.63) is 0 Å². The molecule has 0 atom stereocenters. The van der Waals surface area contributed by atoms with Crippen molar-refractivity contribution in [3.63, 3.8) is 0 Å². The third-order valence-electron chi connectivity index (χ3n) is 0.143. The number of rotatable bonds is 1.